The topological polar surface area (TPSA) is 15.3 Å². The smallest absolute Gasteiger partial charge is 0.0198 e. The summed E-state index contributed by atoms with van der Waals surface area (Å²) in [6.45, 7) is 13.3. The summed E-state index contributed by atoms with van der Waals surface area (Å²) in [4.78, 5) is 2.77. The molecule has 0 bridgehead atoms. The molecule has 2 rings (SSSR count). The van der Waals surface area contributed by atoms with Crippen LogP contribution in [0, 0.1) is 17.8 Å². The minimum Gasteiger partial charge on any atom is -0.311 e. The number of hydrogen-bond donors (Lipinski definition) is 1. The molecule has 0 aromatic carbocycles. The van der Waals surface area contributed by atoms with Crippen LogP contribution in [0.5, 0.6) is 0 Å². The van der Waals surface area contributed by atoms with Crippen molar-refractivity contribution < 1.29 is 0 Å². The fraction of sp³-hybridized carbons (Fsp3) is 1.00. The van der Waals surface area contributed by atoms with Gasteiger partial charge in [0, 0.05) is 31.7 Å². The van der Waals surface area contributed by atoms with Gasteiger partial charge in [-0.1, -0.05) is 33.6 Å². The summed E-state index contributed by atoms with van der Waals surface area (Å²) in [5.41, 5.74) is 0. The second-order valence-corrected chi connectivity index (χ2v) is 7.68. The predicted molar refractivity (Wildman–Crippen MR) is 83.4 cm³/mol. The third kappa shape index (κ3) is 4.75. The zero-order chi connectivity index (χ0) is 13.8. The lowest BCUT2D eigenvalue weighted by molar-refractivity contribution is 0.0957. The maximum Gasteiger partial charge on any atom is 0.0198 e. The monoisotopic (exact) mass is 266 g/mol. The van der Waals surface area contributed by atoms with E-state index in [9.17, 15) is 0 Å². The molecule has 4 atom stereocenters. The van der Waals surface area contributed by atoms with Gasteiger partial charge in [0.05, 0.1) is 0 Å². The van der Waals surface area contributed by atoms with E-state index in [0.29, 0.717) is 0 Å². The van der Waals surface area contributed by atoms with Crippen LogP contribution in [0.2, 0.25) is 0 Å². The first kappa shape index (κ1) is 15.3. The lowest BCUT2D eigenvalue weighted by Crippen LogP contribution is -2.56. The normalized spacial score (nSPS) is 37.7. The number of hydrogen-bond acceptors (Lipinski definition) is 2. The predicted octanol–water partition coefficient (Wildman–Crippen LogP) is 3.52. The Balaban J connectivity index is 1.82. The Labute approximate surface area is 120 Å². The van der Waals surface area contributed by atoms with Gasteiger partial charge in [-0.25, -0.2) is 0 Å². The van der Waals surface area contributed by atoms with Crippen molar-refractivity contribution in [3.8, 4) is 0 Å². The second kappa shape index (κ2) is 7.08. The van der Waals surface area contributed by atoms with E-state index in [-0.39, 0.29) is 0 Å². The van der Waals surface area contributed by atoms with Crippen LogP contribution in [0.3, 0.4) is 0 Å². The largest absolute Gasteiger partial charge is 0.311 e. The third-order valence-electron chi connectivity index (χ3n) is 5.07. The minimum atomic E-state index is 0.720. The van der Waals surface area contributed by atoms with Gasteiger partial charge in [-0.2, -0.15) is 0 Å². The first-order valence-corrected chi connectivity index (χ1v) is 8.52. The van der Waals surface area contributed by atoms with Crippen LogP contribution >= 0.6 is 0 Å². The summed E-state index contributed by atoms with van der Waals surface area (Å²) < 4.78 is 0. The van der Waals surface area contributed by atoms with Gasteiger partial charge in [-0.3, -0.25) is 4.90 Å². The van der Waals surface area contributed by atoms with Crippen LogP contribution in [-0.4, -0.2) is 36.6 Å². The highest BCUT2D eigenvalue weighted by Gasteiger charge is 2.28. The maximum atomic E-state index is 3.73. The van der Waals surface area contributed by atoms with E-state index in [0.717, 1.165) is 29.8 Å². The maximum absolute atomic E-state index is 3.73. The van der Waals surface area contributed by atoms with Gasteiger partial charge >= 0.3 is 0 Å². The van der Waals surface area contributed by atoms with Crippen molar-refractivity contribution in [1.82, 2.24) is 10.2 Å². The van der Waals surface area contributed by atoms with E-state index < -0.39 is 0 Å². The van der Waals surface area contributed by atoms with Crippen LogP contribution in [0.1, 0.15) is 59.8 Å². The van der Waals surface area contributed by atoms with Crippen molar-refractivity contribution in [2.75, 3.05) is 19.6 Å². The van der Waals surface area contributed by atoms with Gasteiger partial charge in [0.25, 0.3) is 0 Å². The molecule has 1 saturated carbocycles. The number of piperazine rings is 1. The average Bonchev–Trinajstić information content (AvgIpc) is 2.33. The SMILES string of the molecule is CC(C)CC1CN(CC2CCCC(C)C2)C(C)CN1. The van der Waals surface area contributed by atoms with Gasteiger partial charge in [-0.15, -0.1) is 0 Å². The third-order valence-corrected chi connectivity index (χ3v) is 5.07. The molecule has 0 aromatic heterocycles. The zero-order valence-corrected chi connectivity index (χ0v) is 13.5. The number of nitrogens with one attached hydrogen (secondary N) is 1. The van der Waals surface area contributed by atoms with E-state index in [1.54, 1.807) is 0 Å². The Morgan fingerprint density at radius 3 is 2.68 bits per heavy atom. The molecular weight excluding hydrogens is 232 g/mol. The summed E-state index contributed by atoms with van der Waals surface area (Å²) in [5, 5.41) is 3.73. The molecule has 19 heavy (non-hydrogen) atoms. The fourth-order valence-electron chi connectivity index (χ4n) is 4.03. The van der Waals surface area contributed by atoms with Crippen LogP contribution < -0.4 is 5.32 Å². The summed E-state index contributed by atoms with van der Waals surface area (Å²) >= 11 is 0. The molecule has 1 aliphatic carbocycles. The highest BCUT2D eigenvalue weighted by molar-refractivity contribution is 4.86. The first-order valence-electron chi connectivity index (χ1n) is 8.52. The van der Waals surface area contributed by atoms with Gasteiger partial charge < -0.3 is 5.32 Å². The summed E-state index contributed by atoms with van der Waals surface area (Å²) in [5.74, 6) is 2.73. The summed E-state index contributed by atoms with van der Waals surface area (Å²) in [7, 11) is 0. The van der Waals surface area contributed by atoms with E-state index in [4.69, 9.17) is 0 Å². The van der Waals surface area contributed by atoms with Crippen molar-refractivity contribution in [2.24, 2.45) is 17.8 Å². The number of rotatable bonds is 4. The Kier molecular flexibility index (Phi) is 5.70. The molecule has 2 nitrogen and oxygen atoms in total. The quantitative estimate of drug-likeness (QED) is 0.837. The standard InChI is InChI=1S/C17H34N2/c1-13(2)8-17-12-19(15(4)10-18-17)11-16-7-5-6-14(3)9-16/h13-18H,5-12H2,1-4H3. The van der Waals surface area contributed by atoms with E-state index >= 15 is 0 Å². The molecule has 0 amide bonds. The molecule has 2 heteroatoms. The number of nitrogens with zero attached hydrogens (tertiary/aromatic N) is 1. The van der Waals surface area contributed by atoms with Crippen LogP contribution in [0.15, 0.2) is 0 Å². The lowest BCUT2D eigenvalue weighted by atomic mass is 9.82. The van der Waals surface area contributed by atoms with Gasteiger partial charge in [-0.05, 0) is 43.9 Å². The lowest BCUT2D eigenvalue weighted by Gasteiger charge is -2.42. The highest BCUT2D eigenvalue weighted by atomic mass is 15.2. The molecular formula is C17H34N2. The molecule has 1 aliphatic heterocycles. The Morgan fingerprint density at radius 1 is 1.21 bits per heavy atom. The summed E-state index contributed by atoms with van der Waals surface area (Å²) in [6, 6.07) is 1.44. The van der Waals surface area contributed by atoms with Crippen LogP contribution in [-0.2, 0) is 0 Å². The van der Waals surface area contributed by atoms with E-state index in [1.165, 1.54) is 51.7 Å². The molecule has 112 valence electrons. The molecule has 1 saturated heterocycles. The molecule has 1 heterocycles. The Bertz CT molecular complexity index is 264. The highest BCUT2D eigenvalue weighted by Crippen LogP contribution is 2.30. The molecule has 4 unspecified atom stereocenters. The Morgan fingerprint density at radius 2 is 2.00 bits per heavy atom. The molecule has 2 fully saturated rings. The second-order valence-electron chi connectivity index (χ2n) is 7.68. The van der Waals surface area contributed by atoms with Crippen LogP contribution in [0.4, 0.5) is 0 Å². The first-order chi connectivity index (χ1) is 9.04. The average molecular weight is 266 g/mol. The fourth-order valence-corrected chi connectivity index (χ4v) is 4.03. The van der Waals surface area contributed by atoms with Crippen molar-refractivity contribution in [2.45, 2.75) is 71.9 Å². The van der Waals surface area contributed by atoms with Gasteiger partial charge in [0.2, 0.25) is 0 Å². The molecule has 1 N–H and O–H groups in total. The summed E-state index contributed by atoms with van der Waals surface area (Å²) in [6.07, 6.45) is 7.18. The van der Waals surface area contributed by atoms with E-state index in [1.807, 2.05) is 0 Å². The molecule has 0 spiro atoms. The molecule has 2 aliphatic rings. The van der Waals surface area contributed by atoms with E-state index in [2.05, 4.69) is 37.9 Å². The minimum absolute atomic E-state index is 0.720. The van der Waals surface area contributed by atoms with Crippen molar-refractivity contribution in [3.63, 3.8) is 0 Å². The van der Waals surface area contributed by atoms with Crippen LogP contribution in [0.25, 0.3) is 0 Å². The zero-order valence-electron chi connectivity index (χ0n) is 13.5. The Hall–Kier alpha value is -0.0800. The van der Waals surface area contributed by atoms with Crippen molar-refractivity contribution in [1.29, 1.82) is 0 Å². The van der Waals surface area contributed by atoms with Gasteiger partial charge in [0.15, 0.2) is 0 Å². The van der Waals surface area contributed by atoms with Gasteiger partial charge in [0.1, 0.15) is 0 Å². The molecule has 0 radical (unpaired) electrons. The van der Waals surface area contributed by atoms with Crippen molar-refractivity contribution >= 4 is 0 Å². The molecule has 0 aromatic rings. The van der Waals surface area contributed by atoms with Crippen molar-refractivity contribution in [3.05, 3.63) is 0 Å².